The molecule has 1 atom stereocenters. The van der Waals surface area contributed by atoms with E-state index in [4.69, 9.17) is 9.47 Å². The molecular formula is C16H24N2O2. The fourth-order valence-electron chi connectivity index (χ4n) is 3.38. The molecule has 2 fully saturated rings. The van der Waals surface area contributed by atoms with E-state index in [-0.39, 0.29) is 5.60 Å². The topological polar surface area (TPSA) is 43.4 Å². The van der Waals surface area contributed by atoms with Crippen LogP contribution in [0.5, 0.6) is 5.75 Å². The van der Waals surface area contributed by atoms with Crippen molar-refractivity contribution in [2.75, 3.05) is 26.3 Å². The molecule has 0 bridgehead atoms. The second kappa shape index (κ2) is 6.55. The fourth-order valence-corrected chi connectivity index (χ4v) is 3.38. The minimum absolute atomic E-state index is 0.155. The lowest BCUT2D eigenvalue weighted by atomic mass is 9.79. The van der Waals surface area contributed by atoms with Crippen molar-refractivity contribution in [1.82, 2.24) is 10.3 Å². The maximum absolute atomic E-state index is 6.11. The minimum Gasteiger partial charge on any atom is -0.492 e. The Morgan fingerprint density at radius 1 is 1.40 bits per heavy atom. The minimum atomic E-state index is 0.155. The van der Waals surface area contributed by atoms with E-state index in [1.165, 1.54) is 12.8 Å². The second-order valence-electron chi connectivity index (χ2n) is 5.97. The summed E-state index contributed by atoms with van der Waals surface area (Å²) in [7, 11) is 0. The van der Waals surface area contributed by atoms with Gasteiger partial charge in [0.05, 0.1) is 18.4 Å². The predicted octanol–water partition coefficient (Wildman–Crippen LogP) is 2.40. The number of aromatic nitrogens is 1. The van der Waals surface area contributed by atoms with Crippen LogP contribution in [0.15, 0.2) is 24.5 Å². The smallest absolute Gasteiger partial charge is 0.137 e. The highest BCUT2D eigenvalue weighted by molar-refractivity contribution is 5.15. The molecule has 3 heterocycles. The van der Waals surface area contributed by atoms with E-state index in [9.17, 15) is 0 Å². The van der Waals surface area contributed by atoms with E-state index in [1.807, 2.05) is 12.1 Å². The van der Waals surface area contributed by atoms with Gasteiger partial charge in [-0.15, -0.1) is 0 Å². The van der Waals surface area contributed by atoms with Crippen molar-refractivity contribution in [2.45, 2.75) is 37.7 Å². The van der Waals surface area contributed by atoms with Gasteiger partial charge in [-0.1, -0.05) is 0 Å². The molecule has 0 aromatic carbocycles. The van der Waals surface area contributed by atoms with Crippen LogP contribution in [0.1, 0.15) is 32.1 Å². The summed E-state index contributed by atoms with van der Waals surface area (Å²) in [6, 6.07) is 3.87. The zero-order valence-electron chi connectivity index (χ0n) is 12.0. The fraction of sp³-hybridized carbons (Fsp3) is 0.688. The average molecular weight is 276 g/mol. The molecule has 4 nitrogen and oxygen atoms in total. The lowest BCUT2D eigenvalue weighted by Crippen LogP contribution is -2.48. The van der Waals surface area contributed by atoms with Gasteiger partial charge in [-0.05, 0) is 63.2 Å². The van der Waals surface area contributed by atoms with Crippen LogP contribution < -0.4 is 10.1 Å². The van der Waals surface area contributed by atoms with Crippen LogP contribution in [-0.4, -0.2) is 36.9 Å². The number of rotatable bonds is 4. The number of ether oxygens (including phenoxy) is 2. The van der Waals surface area contributed by atoms with Crippen molar-refractivity contribution in [1.29, 1.82) is 0 Å². The van der Waals surface area contributed by atoms with Crippen molar-refractivity contribution in [2.24, 2.45) is 5.92 Å². The highest BCUT2D eigenvalue weighted by Crippen LogP contribution is 2.37. The van der Waals surface area contributed by atoms with E-state index in [2.05, 4.69) is 10.3 Å². The van der Waals surface area contributed by atoms with Gasteiger partial charge in [0.1, 0.15) is 5.75 Å². The first-order valence-electron chi connectivity index (χ1n) is 7.74. The van der Waals surface area contributed by atoms with Crippen molar-refractivity contribution in [3.05, 3.63) is 24.5 Å². The van der Waals surface area contributed by atoms with Gasteiger partial charge < -0.3 is 14.8 Å². The van der Waals surface area contributed by atoms with Crippen LogP contribution in [0, 0.1) is 5.92 Å². The summed E-state index contributed by atoms with van der Waals surface area (Å²) < 4.78 is 11.9. The molecule has 20 heavy (non-hydrogen) atoms. The highest BCUT2D eigenvalue weighted by Gasteiger charge is 2.38. The Kier molecular flexibility index (Phi) is 4.53. The molecule has 3 rings (SSSR count). The van der Waals surface area contributed by atoms with Gasteiger partial charge in [-0.2, -0.15) is 0 Å². The van der Waals surface area contributed by atoms with Crippen LogP contribution in [0.2, 0.25) is 0 Å². The van der Waals surface area contributed by atoms with Crippen molar-refractivity contribution in [3.63, 3.8) is 0 Å². The van der Waals surface area contributed by atoms with Crippen LogP contribution in [-0.2, 0) is 4.74 Å². The van der Waals surface area contributed by atoms with Crippen LogP contribution >= 0.6 is 0 Å². The first-order valence-corrected chi connectivity index (χ1v) is 7.74. The molecule has 0 saturated carbocycles. The van der Waals surface area contributed by atoms with E-state index in [1.54, 1.807) is 12.4 Å². The Morgan fingerprint density at radius 2 is 2.30 bits per heavy atom. The molecule has 0 amide bonds. The van der Waals surface area contributed by atoms with Gasteiger partial charge in [0.2, 0.25) is 0 Å². The summed E-state index contributed by atoms with van der Waals surface area (Å²) in [4.78, 5) is 4.07. The Labute approximate surface area is 120 Å². The number of nitrogens with one attached hydrogen (secondary N) is 1. The maximum Gasteiger partial charge on any atom is 0.137 e. The summed E-state index contributed by atoms with van der Waals surface area (Å²) in [6.45, 7) is 3.89. The zero-order chi connectivity index (χ0) is 13.7. The molecule has 4 heteroatoms. The molecule has 0 unspecified atom stereocenters. The largest absolute Gasteiger partial charge is 0.492 e. The normalized spacial score (nSPS) is 25.5. The average Bonchev–Trinajstić information content (AvgIpc) is 2.49. The number of hydrogen-bond donors (Lipinski definition) is 1. The molecule has 1 aromatic heterocycles. The molecular weight excluding hydrogens is 252 g/mol. The van der Waals surface area contributed by atoms with Crippen molar-refractivity contribution < 1.29 is 9.47 Å². The van der Waals surface area contributed by atoms with Crippen LogP contribution in [0.3, 0.4) is 0 Å². The predicted molar refractivity (Wildman–Crippen MR) is 77.9 cm³/mol. The van der Waals surface area contributed by atoms with Gasteiger partial charge in [-0.25, -0.2) is 0 Å². The lowest BCUT2D eigenvalue weighted by Gasteiger charge is -2.43. The van der Waals surface area contributed by atoms with E-state index in [0.717, 1.165) is 57.2 Å². The highest BCUT2D eigenvalue weighted by atomic mass is 16.5. The Morgan fingerprint density at radius 3 is 3.10 bits per heavy atom. The van der Waals surface area contributed by atoms with Gasteiger partial charge >= 0.3 is 0 Å². The van der Waals surface area contributed by atoms with E-state index < -0.39 is 0 Å². The Hall–Kier alpha value is -1.13. The van der Waals surface area contributed by atoms with Gasteiger partial charge in [0, 0.05) is 12.8 Å². The second-order valence-corrected chi connectivity index (χ2v) is 5.97. The standard InChI is InChI=1S/C16H24N2O2/c1-2-15(13-18-7-1)19-10-3-14-4-11-20-16(12-14)5-8-17-9-6-16/h1-2,7,13-14,17H,3-6,8-12H2/t14-/m1/s1. The molecule has 110 valence electrons. The van der Waals surface area contributed by atoms with Crippen molar-refractivity contribution in [3.8, 4) is 5.75 Å². The molecule has 2 saturated heterocycles. The molecule has 0 radical (unpaired) electrons. The quantitative estimate of drug-likeness (QED) is 0.917. The molecule has 2 aliphatic rings. The number of pyridine rings is 1. The summed E-state index contributed by atoms with van der Waals surface area (Å²) >= 11 is 0. The Balaban J connectivity index is 1.45. The lowest BCUT2D eigenvalue weighted by molar-refractivity contribution is -0.115. The van der Waals surface area contributed by atoms with E-state index in [0.29, 0.717) is 0 Å². The summed E-state index contributed by atoms with van der Waals surface area (Å²) in [6.07, 6.45) is 9.36. The number of nitrogens with zero attached hydrogens (tertiary/aromatic N) is 1. The van der Waals surface area contributed by atoms with Gasteiger partial charge in [-0.3, -0.25) is 4.98 Å². The zero-order valence-corrected chi connectivity index (χ0v) is 12.0. The van der Waals surface area contributed by atoms with E-state index >= 15 is 0 Å². The third-order valence-corrected chi connectivity index (χ3v) is 4.54. The van der Waals surface area contributed by atoms with Gasteiger partial charge in [0.15, 0.2) is 0 Å². The first kappa shape index (κ1) is 13.8. The summed E-state index contributed by atoms with van der Waals surface area (Å²) in [5.41, 5.74) is 0.155. The maximum atomic E-state index is 6.11. The van der Waals surface area contributed by atoms with Crippen molar-refractivity contribution >= 4 is 0 Å². The Bertz CT molecular complexity index is 399. The van der Waals surface area contributed by atoms with Crippen LogP contribution in [0.4, 0.5) is 0 Å². The molecule has 1 aromatic rings. The molecule has 1 spiro atoms. The number of hydrogen-bond acceptors (Lipinski definition) is 4. The monoisotopic (exact) mass is 276 g/mol. The van der Waals surface area contributed by atoms with Crippen LogP contribution in [0.25, 0.3) is 0 Å². The molecule has 1 N–H and O–H groups in total. The first-order chi connectivity index (χ1) is 9.86. The molecule has 2 aliphatic heterocycles. The molecule has 0 aliphatic carbocycles. The SMILES string of the molecule is c1cncc(OCC[C@@H]2CCOC3(CCNCC3)C2)c1. The number of piperidine rings is 1. The summed E-state index contributed by atoms with van der Waals surface area (Å²) in [5.74, 6) is 1.61. The summed E-state index contributed by atoms with van der Waals surface area (Å²) in [5, 5.41) is 3.42. The third-order valence-electron chi connectivity index (χ3n) is 4.54. The van der Waals surface area contributed by atoms with Gasteiger partial charge in [0.25, 0.3) is 0 Å². The third kappa shape index (κ3) is 3.49.